The zero-order chi connectivity index (χ0) is 7.44. The van der Waals surface area contributed by atoms with E-state index in [9.17, 15) is 9.59 Å². The maximum atomic E-state index is 9.85. The van der Waals surface area contributed by atoms with E-state index in [2.05, 4.69) is 0 Å². The van der Waals surface area contributed by atoms with Gasteiger partial charge in [0.25, 0.3) is 0 Å². The first kappa shape index (κ1) is 13.1. The summed E-state index contributed by atoms with van der Waals surface area (Å²) in [6, 6.07) is -1.29. The number of carbonyl (C=O) groups is 2. The molecule has 0 amide bonds. The molecule has 0 aromatic carbocycles. The maximum absolute atomic E-state index is 9.85. The van der Waals surface area contributed by atoms with Crippen molar-refractivity contribution >= 4 is 63.3 Å². The van der Waals surface area contributed by atoms with Gasteiger partial charge in [-0.05, 0) is 0 Å². The number of rotatable bonds is 3. The molecule has 0 bridgehead atoms. The van der Waals surface area contributed by atoms with Crippen molar-refractivity contribution in [2.24, 2.45) is 5.73 Å². The molecule has 0 heterocycles. The van der Waals surface area contributed by atoms with Crippen LogP contribution in [-0.4, -0.2) is 79.6 Å². The number of carboxylic acid groups (broad SMARTS) is 2. The molecule has 0 rings (SSSR count). The fourth-order valence-electron chi connectivity index (χ4n) is 0.275. The molecule has 0 aromatic heterocycles. The summed E-state index contributed by atoms with van der Waals surface area (Å²) in [5.74, 6) is -2.50. The Bertz CT molecular complexity index is 137. The van der Waals surface area contributed by atoms with Gasteiger partial charge in [-0.3, -0.25) is 9.59 Å². The monoisotopic (exact) mass is 173 g/mol. The second kappa shape index (κ2) is 6.26. The van der Waals surface area contributed by atoms with Crippen LogP contribution < -0.4 is 5.73 Å². The Morgan fingerprint density at radius 1 is 1.40 bits per heavy atom. The summed E-state index contributed by atoms with van der Waals surface area (Å²) in [5, 5.41) is 16.0. The molecule has 6 heteroatoms. The summed E-state index contributed by atoms with van der Waals surface area (Å²) in [4.78, 5) is 19.6. The quantitative estimate of drug-likeness (QED) is 0.438. The summed E-state index contributed by atoms with van der Waals surface area (Å²) in [6.07, 6.45) is -0.532. The standard InChI is InChI=1S/C4H7NO4.K.H/c5-2(4(8)9)1-3(6)7;;/h2H,1,5H2,(H,6,7)(H,8,9);;/t2-;;/m0../s1. The molecule has 0 aliphatic heterocycles. The molecule has 4 N–H and O–H groups in total. The average Bonchev–Trinajstić information content (AvgIpc) is 1.63. The van der Waals surface area contributed by atoms with Crippen LogP contribution in [0.3, 0.4) is 0 Å². The molecule has 0 spiro atoms. The first-order valence-corrected chi connectivity index (χ1v) is 2.24. The molecule has 0 aliphatic carbocycles. The fraction of sp³-hybridized carbons (Fsp3) is 0.500. The number of carboxylic acids is 2. The molecule has 0 saturated heterocycles. The summed E-state index contributed by atoms with van der Waals surface area (Å²) in [5.41, 5.74) is 4.84. The van der Waals surface area contributed by atoms with Crippen LogP contribution in [0.25, 0.3) is 0 Å². The third-order valence-electron chi connectivity index (χ3n) is 0.712. The van der Waals surface area contributed by atoms with E-state index in [1.807, 2.05) is 0 Å². The van der Waals surface area contributed by atoms with E-state index in [1.54, 1.807) is 0 Å². The van der Waals surface area contributed by atoms with Gasteiger partial charge >= 0.3 is 63.3 Å². The van der Waals surface area contributed by atoms with E-state index < -0.39 is 24.4 Å². The minimum atomic E-state index is -1.29. The minimum absolute atomic E-state index is 0. The molecule has 1 atom stereocenters. The molecular weight excluding hydrogens is 165 g/mol. The van der Waals surface area contributed by atoms with Crippen molar-refractivity contribution in [2.75, 3.05) is 0 Å². The van der Waals surface area contributed by atoms with Crippen LogP contribution in [0.5, 0.6) is 0 Å². The summed E-state index contributed by atoms with van der Waals surface area (Å²) in [7, 11) is 0. The SMILES string of the molecule is N[C@@H](CC(=O)O)C(=O)O.[KH]. The van der Waals surface area contributed by atoms with E-state index in [1.165, 1.54) is 0 Å². The Labute approximate surface area is 100 Å². The van der Waals surface area contributed by atoms with Crippen LogP contribution in [0.1, 0.15) is 6.42 Å². The van der Waals surface area contributed by atoms with Crippen molar-refractivity contribution in [2.45, 2.75) is 12.5 Å². The van der Waals surface area contributed by atoms with Gasteiger partial charge in [0, 0.05) is 0 Å². The molecule has 0 aliphatic rings. The summed E-state index contributed by atoms with van der Waals surface area (Å²) in [6.45, 7) is 0. The predicted octanol–water partition coefficient (Wildman–Crippen LogP) is -1.78. The Morgan fingerprint density at radius 2 is 1.80 bits per heavy atom. The molecule has 0 unspecified atom stereocenters. The van der Waals surface area contributed by atoms with E-state index in [0.717, 1.165) is 0 Å². The molecule has 0 radical (unpaired) electrons. The molecule has 0 fully saturated rings. The van der Waals surface area contributed by atoms with Crippen LogP contribution in [0.15, 0.2) is 0 Å². The van der Waals surface area contributed by atoms with E-state index >= 15 is 0 Å². The van der Waals surface area contributed by atoms with Gasteiger partial charge in [0.2, 0.25) is 0 Å². The zero-order valence-electron chi connectivity index (χ0n) is 4.57. The number of hydrogen-bond donors (Lipinski definition) is 3. The van der Waals surface area contributed by atoms with E-state index in [0.29, 0.717) is 0 Å². The first-order valence-electron chi connectivity index (χ1n) is 2.24. The Morgan fingerprint density at radius 3 is 1.90 bits per heavy atom. The summed E-state index contributed by atoms with van der Waals surface area (Å²) >= 11 is 0. The predicted molar refractivity (Wildman–Crippen MR) is 35.0 cm³/mol. The second-order valence-corrected chi connectivity index (χ2v) is 1.54. The molecule has 5 nitrogen and oxygen atoms in total. The molecular formula is C4H8KNO4. The van der Waals surface area contributed by atoms with Gasteiger partial charge < -0.3 is 15.9 Å². The Hall–Kier alpha value is 0.536. The normalized spacial score (nSPS) is 11.3. The van der Waals surface area contributed by atoms with Crippen LogP contribution in [0.2, 0.25) is 0 Å². The van der Waals surface area contributed by atoms with Gasteiger partial charge in [-0.25, -0.2) is 0 Å². The second-order valence-electron chi connectivity index (χ2n) is 1.54. The van der Waals surface area contributed by atoms with Crippen LogP contribution in [-0.2, 0) is 9.59 Å². The number of nitrogens with two attached hydrogens (primary N) is 1. The number of aliphatic carboxylic acids is 2. The van der Waals surface area contributed by atoms with Gasteiger partial charge in [-0.1, -0.05) is 0 Å². The van der Waals surface area contributed by atoms with Crippen molar-refractivity contribution in [1.29, 1.82) is 0 Å². The van der Waals surface area contributed by atoms with E-state index in [4.69, 9.17) is 15.9 Å². The topological polar surface area (TPSA) is 101 Å². The molecule has 54 valence electrons. The molecule has 0 saturated carbocycles. The molecule has 10 heavy (non-hydrogen) atoms. The Balaban J connectivity index is 0. The van der Waals surface area contributed by atoms with Crippen molar-refractivity contribution in [3.63, 3.8) is 0 Å². The van der Waals surface area contributed by atoms with Crippen molar-refractivity contribution in [3.05, 3.63) is 0 Å². The fourth-order valence-corrected chi connectivity index (χ4v) is 0.275. The Kier molecular flexibility index (Phi) is 8.23. The van der Waals surface area contributed by atoms with Crippen LogP contribution in [0, 0.1) is 0 Å². The van der Waals surface area contributed by atoms with Gasteiger partial charge in [-0.15, -0.1) is 0 Å². The zero-order valence-corrected chi connectivity index (χ0v) is 4.57. The van der Waals surface area contributed by atoms with Crippen molar-refractivity contribution in [3.8, 4) is 0 Å². The third-order valence-corrected chi connectivity index (χ3v) is 0.712. The van der Waals surface area contributed by atoms with Gasteiger partial charge in [0.1, 0.15) is 6.04 Å². The average molecular weight is 173 g/mol. The van der Waals surface area contributed by atoms with Gasteiger partial charge in [0.15, 0.2) is 0 Å². The third kappa shape index (κ3) is 6.65. The van der Waals surface area contributed by atoms with Gasteiger partial charge in [-0.2, -0.15) is 0 Å². The summed E-state index contributed by atoms with van der Waals surface area (Å²) < 4.78 is 0. The number of hydrogen-bond acceptors (Lipinski definition) is 3. The van der Waals surface area contributed by atoms with Gasteiger partial charge in [0.05, 0.1) is 6.42 Å². The first-order chi connectivity index (χ1) is 4.04. The van der Waals surface area contributed by atoms with Crippen molar-refractivity contribution in [1.82, 2.24) is 0 Å². The van der Waals surface area contributed by atoms with Crippen LogP contribution >= 0.6 is 0 Å². The van der Waals surface area contributed by atoms with Crippen molar-refractivity contribution < 1.29 is 19.8 Å². The molecule has 0 aromatic rings. The van der Waals surface area contributed by atoms with Crippen LogP contribution in [0.4, 0.5) is 0 Å². The van der Waals surface area contributed by atoms with E-state index in [-0.39, 0.29) is 51.4 Å².